The lowest BCUT2D eigenvalue weighted by Crippen LogP contribution is -2.47. The number of piperidine rings is 2. The summed E-state index contributed by atoms with van der Waals surface area (Å²) in [5, 5.41) is 6.40. The zero-order valence-corrected chi connectivity index (χ0v) is 18.8. The minimum Gasteiger partial charge on any atom is -0.353 e. The molecular weight excluding hydrogens is 414 g/mol. The third kappa shape index (κ3) is 4.22. The van der Waals surface area contributed by atoms with Crippen LogP contribution in [0.5, 0.6) is 0 Å². The average Bonchev–Trinajstić information content (AvgIpc) is 3.45. The van der Waals surface area contributed by atoms with Crippen molar-refractivity contribution >= 4 is 44.1 Å². The number of carbonyl (C=O) groups excluding carboxylic acids is 1. The van der Waals surface area contributed by atoms with Crippen LogP contribution in [-0.4, -0.2) is 60.0 Å². The first-order valence-electron chi connectivity index (χ1n) is 10.7. The number of hydrogen-bond acceptors (Lipinski definition) is 7. The molecule has 2 saturated heterocycles. The van der Waals surface area contributed by atoms with Crippen molar-refractivity contribution in [2.75, 3.05) is 38.1 Å². The van der Waals surface area contributed by atoms with Gasteiger partial charge in [0.15, 0.2) is 5.13 Å². The molecule has 0 bridgehead atoms. The number of fused-ring (bicyclic) bond motifs is 1. The van der Waals surface area contributed by atoms with Crippen molar-refractivity contribution in [3.05, 3.63) is 29.6 Å². The zero-order valence-electron chi connectivity index (χ0n) is 17.2. The number of anilines is 1. The zero-order chi connectivity index (χ0) is 20.5. The van der Waals surface area contributed by atoms with Crippen LogP contribution in [0, 0.1) is 5.92 Å². The van der Waals surface area contributed by atoms with Crippen molar-refractivity contribution in [1.29, 1.82) is 0 Å². The molecule has 5 rings (SSSR count). The molecule has 3 aromatic heterocycles. The van der Waals surface area contributed by atoms with E-state index in [2.05, 4.69) is 51.8 Å². The summed E-state index contributed by atoms with van der Waals surface area (Å²) in [5.74, 6) is 0.370. The van der Waals surface area contributed by atoms with Crippen LogP contribution >= 0.6 is 22.7 Å². The molecule has 1 amide bonds. The highest BCUT2D eigenvalue weighted by Crippen LogP contribution is 2.33. The van der Waals surface area contributed by atoms with Gasteiger partial charge < -0.3 is 15.1 Å². The Labute approximate surface area is 184 Å². The quantitative estimate of drug-likeness (QED) is 0.666. The SMILES string of the molecule is CN1CCC(NC(=O)C2CCN(c3nc4ccc(-c5cccs5)nc4s3)CC2)CC1. The third-order valence-corrected chi connectivity index (χ3v) is 8.14. The van der Waals surface area contributed by atoms with Gasteiger partial charge in [-0.1, -0.05) is 17.4 Å². The van der Waals surface area contributed by atoms with Crippen LogP contribution in [-0.2, 0) is 4.79 Å². The summed E-state index contributed by atoms with van der Waals surface area (Å²) in [6.07, 6.45) is 3.91. The Bertz CT molecular complexity index is 1000. The number of aromatic nitrogens is 2. The van der Waals surface area contributed by atoms with Gasteiger partial charge in [0.2, 0.25) is 5.91 Å². The maximum absolute atomic E-state index is 12.7. The maximum atomic E-state index is 12.7. The first kappa shape index (κ1) is 19.9. The largest absolute Gasteiger partial charge is 0.353 e. The number of likely N-dealkylation sites (tertiary alicyclic amines) is 1. The van der Waals surface area contributed by atoms with E-state index < -0.39 is 0 Å². The normalized spacial score (nSPS) is 19.4. The fraction of sp³-hybridized carbons (Fsp3) is 0.500. The molecule has 0 aliphatic carbocycles. The smallest absolute Gasteiger partial charge is 0.223 e. The Morgan fingerprint density at radius 2 is 1.87 bits per heavy atom. The van der Waals surface area contributed by atoms with Crippen molar-refractivity contribution < 1.29 is 4.79 Å². The van der Waals surface area contributed by atoms with Gasteiger partial charge in [-0.2, -0.15) is 0 Å². The number of rotatable bonds is 4. The molecule has 0 aromatic carbocycles. The molecule has 0 unspecified atom stereocenters. The highest BCUT2D eigenvalue weighted by molar-refractivity contribution is 7.21. The summed E-state index contributed by atoms with van der Waals surface area (Å²) in [5.41, 5.74) is 1.97. The summed E-state index contributed by atoms with van der Waals surface area (Å²) in [7, 11) is 2.15. The second kappa shape index (κ2) is 8.61. The molecule has 0 spiro atoms. The van der Waals surface area contributed by atoms with Gasteiger partial charge in [-0.15, -0.1) is 11.3 Å². The summed E-state index contributed by atoms with van der Waals surface area (Å²) in [6.45, 7) is 3.90. The van der Waals surface area contributed by atoms with E-state index in [1.807, 2.05) is 0 Å². The van der Waals surface area contributed by atoms with Crippen LogP contribution in [0.25, 0.3) is 20.9 Å². The highest BCUT2D eigenvalue weighted by atomic mass is 32.1. The van der Waals surface area contributed by atoms with E-state index >= 15 is 0 Å². The Hall–Kier alpha value is -2.03. The summed E-state index contributed by atoms with van der Waals surface area (Å²) >= 11 is 3.36. The number of carbonyl (C=O) groups is 1. The fourth-order valence-corrected chi connectivity index (χ4v) is 5.99. The first-order valence-corrected chi connectivity index (χ1v) is 12.4. The molecule has 158 valence electrons. The second-order valence-electron chi connectivity index (χ2n) is 8.34. The molecule has 8 heteroatoms. The number of nitrogens with zero attached hydrogens (tertiary/aromatic N) is 4. The van der Waals surface area contributed by atoms with E-state index in [1.165, 1.54) is 4.88 Å². The average molecular weight is 442 g/mol. The van der Waals surface area contributed by atoms with E-state index in [0.29, 0.717) is 6.04 Å². The van der Waals surface area contributed by atoms with Gasteiger partial charge >= 0.3 is 0 Å². The van der Waals surface area contributed by atoms with Crippen LogP contribution < -0.4 is 10.2 Å². The molecule has 0 saturated carbocycles. The minimum absolute atomic E-state index is 0.124. The molecule has 2 aliphatic rings. The summed E-state index contributed by atoms with van der Waals surface area (Å²) < 4.78 is 0. The van der Waals surface area contributed by atoms with Gasteiger partial charge in [-0.05, 0) is 69.4 Å². The maximum Gasteiger partial charge on any atom is 0.223 e. The molecule has 3 aromatic rings. The van der Waals surface area contributed by atoms with E-state index in [4.69, 9.17) is 9.97 Å². The topological polar surface area (TPSA) is 61.4 Å². The van der Waals surface area contributed by atoms with Gasteiger partial charge in [0.1, 0.15) is 10.3 Å². The van der Waals surface area contributed by atoms with Crippen LogP contribution in [0.15, 0.2) is 29.6 Å². The van der Waals surface area contributed by atoms with Crippen molar-refractivity contribution in [3.63, 3.8) is 0 Å². The van der Waals surface area contributed by atoms with Gasteiger partial charge in [-0.3, -0.25) is 4.79 Å². The van der Waals surface area contributed by atoms with Crippen molar-refractivity contribution in [2.24, 2.45) is 5.92 Å². The monoisotopic (exact) mass is 441 g/mol. The third-order valence-electron chi connectivity index (χ3n) is 6.22. The summed E-state index contributed by atoms with van der Waals surface area (Å²) in [6, 6.07) is 8.62. The minimum atomic E-state index is 0.124. The molecule has 6 nitrogen and oxygen atoms in total. The lowest BCUT2D eigenvalue weighted by Gasteiger charge is -2.33. The van der Waals surface area contributed by atoms with Crippen LogP contribution in [0.2, 0.25) is 0 Å². The van der Waals surface area contributed by atoms with Gasteiger partial charge in [0.25, 0.3) is 0 Å². The molecule has 2 fully saturated rings. The van der Waals surface area contributed by atoms with Gasteiger partial charge in [0, 0.05) is 25.0 Å². The highest BCUT2D eigenvalue weighted by Gasteiger charge is 2.28. The van der Waals surface area contributed by atoms with Crippen molar-refractivity contribution in [1.82, 2.24) is 20.2 Å². The number of nitrogens with one attached hydrogen (secondary N) is 1. The summed E-state index contributed by atoms with van der Waals surface area (Å²) in [4.78, 5) is 29.2. The number of amides is 1. The fourth-order valence-electron chi connectivity index (χ4n) is 4.31. The lowest BCUT2D eigenvalue weighted by molar-refractivity contribution is -0.126. The Morgan fingerprint density at radius 1 is 1.07 bits per heavy atom. The molecule has 1 N–H and O–H groups in total. The second-order valence-corrected chi connectivity index (χ2v) is 10.2. The predicted molar refractivity (Wildman–Crippen MR) is 124 cm³/mol. The van der Waals surface area contributed by atoms with E-state index in [-0.39, 0.29) is 11.8 Å². The predicted octanol–water partition coefficient (Wildman–Crippen LogP) is 3.85. The molecular formula is C22H27N5OS2. The number of thiophene rings is 1. The van der Waals surface area contributed by atoms with E-state index in [9.17, 15) is 4.79 Å². The standard InChI is InChI=1S/C22H27N5OS2/c1-26-10-8-16(9-11-26)23-20(28)15-6-12-27(13-7-15)22-25-18-5-4-17(24-21(18)30-22)19-3-2-14-29-19/h2-5,14-16H,6-13H2,1H3,(H,23,28). The van der Waals surface area contributed by atoms with Crippen LogP contribution in [0.4, 0.5) is 5.13 Å². The lowest BCUT2D eigenvalue weighted by atomic mass is 9.95. The van der Waals surface area contributed by atoms with Crippen LogP contribution in [0.1, 0.15) is 25.7 Å². The number of pyridine rings is 1. The van der Waals surface area contributed by atoms with Crippen LogP contribution in [0.3, 0.4) is 0 Å². The molecule has 30 heavy (non-hydrogen) atoms. The van der Waals surface area contributed by atoms with Crippen molar-refractivity contribution in [2.45, 2.75) is 31.7 Å². The van der Waals surface area contributed by atoms with Crippen molar-refractivity contribution in [3.8, 4) is 10.6 Å². The van der Waals surface area contributed by atoms with E-state index in [0.717, 1.165) is 73.0 Å². The molecule has 5 heterocycles. The molecule has 0 atom stereocenters. The Morgan fingerprint density at radius 3 is 2.60 bits per heavy atom. The molecule has 2 aliphatic heterocycles. The Kier molecular flexibility index (Phi) is 5.71. The number of thiazole rings is 1. The number of hydrogen-bond donors (Lipinski definition) is 1. The van der Waals surface area contributed by atoms with Gasteiger partial charge in [0.05, 0.1) is 10.6 Å². The van der Waals surface area contributed by atoms with E-state index in [1.54, 1.807) is 22.7 Å². The Balaban J connectivity index is 1.20. The molecule has 0 radical (unpaired) electrons. The van der Waals surface area contributed by atoms with Gasteiger partial charge in [-0.25, -0.2) is 9.97 Å². The first-order chi connectivity index (χ1) is 14.7.